The van der Waals surface area contributed by atoms with E-state index in [9.17, 15) is 18.0 Å². The third kappa shape index (κ3) is 6.50. The normalized spacial score (nSPS) is 13.3. The number of carbonyl (C=O) groups excluding carboxylic acids is 2. The first-order chi connectivity index (χ1) is 16.5. The van der Waals surface area contributed by atoms with Gasteiger partial charge in [0, 0.05) is 19.2 Å². The summed E-state index contributed by atoms with van der Waals surface area (Å²) in [4.78, 5) is 27.8. The fourth-order valence-corrected chi connectivity index (χ4v) is 4.86. The SMILES string of the molecule is CCNC(=O)C(CC)N(Cc1ccc(Cl)c(Cl)c1)C(=O)CN(c1ccc2c(c1)OCO2)S(C)(=O)=O. The van der Waals surface area contributed by atoms with Crippen molar-refractivity contribution in [1.82, 2.24) is 10.2 Å². The van der Waals surface area contributed by atoms with Crippen LogP contribution in [0.2, 0.25) is 10.0 Å². The van der Waals surface area contributed by atoms with Gasteiger partial charge in [-0.1, -0.05) is 36.2 Å². The maximum absolute atomic E-state index is 13.6. The predicted molar refractivity (Wildman–Crippen MR) is 135 cm³/mol. The van der Waals surface area contributed by atoms with Gasteiger partial charge in [-0.15, -0.1) is 0 Å². The first-order valence-corrected chi connectivity index (χ1v) is 13.5. The van der Waals surface area contributed by atoms with Gasteiger partial charge in [0.25, 0.3) is 0 Å². The van der Waals surface area contributed by atoms with Crippen molar-refractivity contribution in [3.8, 4) is 11.5 Å². The van der Waals surface area contributed by atoms with Crippen LogP contribution in [-0.4, -0.2) is 57.3 Å². The maximum atomic E-state index is 13.6. The molecule has 2 amide bonds. The largest absolute Gasteiger partial charge is 0.454 e. The standard InChI is InChI=1S/C23H27Cl2N3O6S/c1-4-19(23(30)26-5-2)27(12-15-6-8-17(24)18(25)10-15)22(29)13-28(35(3,31)32)16-7-9-20-21(11-16)34-14-33-20/h6-11,19H,4-5,12-14H2,1-3H3,(H,26,30). The number of amides is 2. The van der Waals surface area contributed by atoms with E-state index in [1.165, 1.54) is 17.0 Å². The quantitative estimate of drug-likeness (QED) is 0.492. The van der Waals surface area contributed by atoms with E-state index in [0.717, 1.165) is 10.6 Å². The second-order valence-corrected chi connectivity index (χ2v) is 10.6. The first-order valence-electron chi connectivity index (χ1n) is 10.9. The number of carbonyl (C=O) groups is 2. The number of nitrogens with one attached hydrogen (secondary N) is 1. The molecule has 1 aliphatic rings. The van der Waals surface area contributed by atoms with Gasteiger partial charge >= 0.3 is 0 Å². The molecule has 0 radical (unpaired) electrons. The second-order valence-electron chi connectivity index (χ2n) is 7.90. The van der Waals surface area contributed by atoms with E-state index in [1.807, 2.05) is 0 Å². The average molecular weight is 544 g/mol. The minimum atomic E-state index is -3.86. The molecule has 0 bridgehead atoms. The molecule has 12 heteroatoms. The van der Waals surface area contributed by atoms with Crippen molar-refractivity contribution in [2.75, 3.05) is 30.4 Å². The zero-order valence-electron chi connectivity index (χ0n) is 19.6. The van der Waals surface area contributed by atoms with Crippen molar-refractivity contribution < 1.29 is 27.5 Å². The van der Waals surface area contributed by atoms with Gasteiger partial charge in [-0.3, -0.25) is 13.9 Å². The van der Waals surface area contributed by atoms with Gasteiger partial charge < -0.3 is 19.7 Å². The lowest BCUT2D eigenvalue weighted by molar-refractivity contribution is -0.140. The summed E-state index contributed by atoms with van der Waals surface area (Å²) in [7, 11) is -3.86. The number of hydrogen-bond donors (Lipinski definition) is 1. The molecule has 0 fully saturated rings. The number of likely N-dealkylation sites (N-methyl/N-ethyl adjacent to an activating group) is 1. The van der Waals surface area contributed by atoms with Crippen LogP contribution in [0, 0.1) is 0 Å². The molecule has 1 unspecified atom stereocenters. The number of nitrogens with zero attached hydrogens (tertiary/aromatic N) is 2. The molecule has 1 aliphatic heterocycles. The van der Waals surface area contributed by atoms with Gasteiger partial charge in [0.1, 0.15) is 12.6 Å². The molecule has 1 N–H and O–H groups in total. The number of halogens is 2. The summed E-state index contributed by atoms with van der Waals surface area (Å²) in [6.07, 6.45) is 1.33. The molecular weight excluding hydrogens is 517 g/mol. The lowest BCUT2D eigenvalue weighted by Crippen LogP contribution is -2.52. The van der Waals surface area contributed by atoms with Gasteiger partial charge in [-0.2, -0.15) is 0 Å². The Bertz CT molecular complexity index is 1210. The molecule has 0 saturated carbocycles. The number of fused-ring (bicyclic) bond motifs is 1. The highest BCUT2D eigenvalue weighted by molar-refractivity contribution is 7.92. The van der Waals surface area contributed by atoms with Crippen molar-refractivity contribution in [2.24, 2.45) is 0 Å². The number of hydrogen-bond acceptors (Lipinski definition) is 6. The fraction of sp³-hybridized carbons (Fsp3) is 0.391. The molecule has 9 nitrogen and oxygen atoms in total. The van der Waals surface area contributed by atoms with Crippen LogP contribution in [0.25, 0.3) is 0 Å². The number of rotatable bonds is 10. The molecule has 3 rings (SSSR count). The molecule has 0 aliphatic carbocycles. The number of ether oxygens (including phenoxy) is 2. The van der Waals surface area contributed by atoms with Crippen LogP contribution in [0.3, 0.4) is 0 Å². The summed E-state index contributed by atoms with van der Waals surface area (Å²) < 4.78 is 37.0. The van der Waals surface area contributed by atoms with E-state index in [-0.39, 0.29) is 24.9 Å². The molecule has 1 atom stereocenters. The smallest absolute Gasteiger partial charge is 0.244 e. The molecule has 1 heterocycles. The summed E-state index contributed by atoms with van der Waals surface area (Å²) in [5, 5.41) is 3.40. The lowest BCUT2D eigenvalue weighted by atomic mass is 10.1. The monoisotopic (exact) mass is 543 g/mol. The zero-order chi connectivity index (χ0) is 25.8. The topological polar surface area (TPSA) is 105 Å². The van der Waals surface area contributed by atoms with Crippen molar-refractivity contribution in [1.29, 1.82) is 0 Å². The maximum Gasteiger partial charge on any atom is 0.244 e. The molecular formula is C23H27Cl2N3O6S. The van der Waals surface area contributed by atoms with Gasteiger partial charge in [0.05, 0.1) is 22.0 Å². The molecule has 35 heavy (non-hydrogen) atoms. The first kappa shape index (κ1) is 26.9. The molecule has 2 aromatic rings. The Morgan fingerprint density at radius 1 is 1.06 bits per heavy atom. The van der Waals surface area contributed by atoms with Crippen molar-refractivity contribution in [3.63, 3.8) is 0 Å². The van der Waals surface area contributed by atoms with Crippen LogP contribution in [0.15, 0.2) is 36.4 Å². The summed E-state index contributed by atoms with van der Waals surface area (Å²) in [5.74, 6) is -0.0308. The third-order valence-electron chi connectivity index (χ3n) is 5.40. The lowest BCUT2D eigenvalue weighted by Gasteiger charge is -2.32. The summed E-state index contributed by atoms with van der Waals surface area (Å²) in [6.45, 7) is 3.48. The Labute approximate surface area is 214 Å². The van der Waals surface area contributed by atoms with E-state index < -0.39 is 28.5 Å². The van der Waals surface area contributed by atoms with Crippen LogP contribution >= 0.6 is 23.2 Å². The van der Waals surface area contributed by atoms with Gasteiger partial charge in [-0.25, -0.2) is 8.42 Å². The van der Waals surface area contributed by atoms with Gasteiger partial charge in [0.2, 0.25) is 28.6 Å². The second kappa shape index (κ2) is 11.4. The van der Waals surface area contributed by atoms with Crippen LogP contribution in [0.5, 0.6) is 11.5 Å². The van der Waals surface area contributed by atoms with Crippen LogP contribution < -0.4 is 19.1 Å². The highest BCUT2D eigenvalue weighted by Crippen LogP contribution is 2.36. The van der Waals surface area contributed by atoms with Crippen molar-refractivity contribution in [2.45, 2.75) is 32.9 Å². The molecule has 2 aromatic carbocycles. The van der Waals surface area contributed by atoms with E-state index in [1.54, 1.807) is 38.1 Å². The van der Waals surface area contributed by atoms with E-state index in [2.05, 4.69) is 5.32 Å². The van der Waals surface area contributed by atoms with Crippen molar-refractivity contribution >= 4 is 50.7 Å². The zero-order valence-corrected chi connectivity index (χ0v) is 21.9. The fourth-order valence-electron chi connectivity index (χ4n) is 3.70. The van der Waals surface area contributed by atoms with Crippen LogP contribution in [0.4, 0.5) is 5.69 Å². The summed E-state index contributed by atoms with van der Waals surface area (Å²) in [6, 6.07) is 8.70. The summed E-state index contributed by atoms with van der Waals surface area (Å²) in [5.41, 5.74) is 0.884. The van der Waals surface area contributed by atoms with Crippen molar-refractivity contribution in [3.05, 3.63) is 52.0 Å². The van der Waals surface area contributed by atoms with Crippen LogP contribution in [-0.2, 0) is 26.2 Å². The highest BCUT2D eigenvalue weighted by atomic mass is 35.5. The molecule has 190 valence electrons. The van der Waals surface area contributed by atoms with E-state index in [4.69, 9.17) is 32.7 Å². The minimum absolute atomic E-state index is 0.0265. The molecule has 0 aromatic heterocycles. The van der Waals surface area contributed by atoms with Crippen LogP contribution in [0.1, 0.15) is 25.8 Å². The number of anilines is 1. The predicted octanol–water partition coefficient (Wildman–Crippen LogP) is 3.43. The molecule has 0 saturated heterocycles. The Hall–Kier alpha value is -2.69. The Morgan fingerprint density at radius 3 is 2.40 bits per heavy atom. The minimum Gasteiger partial charge on any atom is -0.454 e. The molecule has 0 spiro atoms. The van der Waals surface area contributed by atoms with E-state index in [0.29, 0.717) is 40.1 Å². The van der Waals surface area contributed by atoms with E-state index >= 15 is 0 Å². The average Bonchev–Trinajstić information content (AvgIpc) is 3.27. The Morgan fingerprint density at radius 2 is 1.77 bits per heavy atom. The third-order valence-corrected chi connectivity index (χ3v) is 7.28. The number of benzene rings is 2. The highest BCUT2D eigenvalue weighted by Gasteiger charge is 2.32. The Balaban J connectivity index is 1.96. The summed E-state index contributed by atoms with van der Waals surface area (Å²) >= 11 is 12.2. The van der Waals surface area contributed by atoms with Gasteiger partial charge in [0.15, 0.2) is 11.5 Å². The van der Waals surface area contributed by atoms with Gasteiger partial charge in [-0.05, 0) is 43.2 Å². The Kier molecular flexibility index (Phi) is 8.74. The number of sulfonamides is 1.